The number of rotatable bonds is 4. The molecule has 0 spiro atoms. The molecule has 5 heteroatoms. The van der Waals surface area contributed by atoms with Crippen molar-refractivity contribution in [2.45, 2.75) is 0 Å². The third-order valence-electron chi connectivity index (χ3n) is 10.1. The number of fused-ring (bicyclic) bond motifs is 8. The molecule has 0 bridgehead atoms. The molecule has 0 aliphatic rings. The lowest BCUT2D eigenvalue weighted by atomic mass is 9.95. The van der Waals surface area contributed by atoms with Crippen LogP contribution in [0.4, 0.5) is 0 Å². The van der Waals surface area contributed by atoms with Crippen molar-refractivity contribution in [3.05, 3.63) is 164 Å². The number of nitrogens with zero attached hydrogens (tertiary/aromatic N) is 3. The van der Waals surface area contributed by atoms with Crippen molar-refractivity contribution < 1.29 is 8.83 Å². The zero-order chi connectivity index (χ0) is 34.2. The Labute approximate surface area is 297 Å². The standard InChI is InChI=1S/C47H27N3O2/c1-3-12-30-26-32(22-20-28(30)10-1)45-48-46(33-23-21-29-11-2-4-13-31(29)27-33)50-47(49-45)38-25-24-35(44-43(38)37-15-6-8-18-40(37)52-44)34-16-9-19-41-42(34)36-14-5-7-17-39(36)51-41/h1-27H. The third-order valence-corrected chi connectivity index (χ3v) is 10.1. The number of aromatic nitrogens is 3. The molecule has 11 rings (SSSR count). The van der Waals surface area contributed by atoms with Crippen LogP contribution in [0.15, 0.2) is 173 Å². The molecule has 8 aromatic carbocycles. The van der Waals surface area contributed by atoms with Crippen LogP contribution in [-0.2, 0) is 0 Å². The summed E-state index contributed by atoms with van der Waals surface area (Å²) in [7, 11) is 0. The average molecular weight is 666 g/mol. The largest absolute Gasteiger partial charge is 0.456 e. The first kappa shape index (κ1) is 28.7. The molecular weight excluding hydrogens is 639 g/mol. The first-order chi connectivity index (χ1) is 25.7. The van der Waals surface area contributed by atoms with Crippen LogP contribution >= 0.6 is 0 Å². The summed E-state index contributed by atoms with van der Waals surface area (Å²) in [5, 5.41) is 8.67. The maximum absolute atomic E-state index is 6.76. The van der Waals surface area contributed by atoms with Gasteiger partial charge in [0.1, 0.15) is 22.3 Å². The molecule has 0 N–H and O–H groups in total. The molecule has 0 aliphatic heterocycles. The predicted octanol–water partition coefficient (Wildman–Crippen LogP) is 12.6. The topological polar surface area (TPSA) is 65.0 Å². The molecular formula is C47H27N3O2. The van der Waals surface area contributed by atoms with Gasteiger partial charge in [-0.15, -0.1) is 0 Å². The fourth-order valence-electron chi connectivity index (χ4n) is 7.64. The van der Waals surface area contributed by atoms with E-state index in [1.165, 1.54) is 0 Å². The van der Waals surface area contributed by atoms with E-state index in [4.69, 9.17) is 23.8 Å². The van der Waals surface area contributed by atoms with E-state index >= 15 is 0 Å². The smallest absolute Gasteiger partial charge is 0.164 e. The van der Waals surface area contributed by atoms with Gasteiger partial charge in [-0.1, -0.05) is 121 Å². The highest BCUT2D eigenvalue weighted by Gasteiger charge is 2.22. The number of hydrogen-bond acceptors (Lipinski definition) is 5. The van der Waals surface area contributed by atoms with E-state index in [0.29, 0.717) is 17.5 Å². The number of para-hydroxylation sites is 2. The van der Waals surface area contributed by atoms with Crippen molar-refractivity contribution in [2.75, 3.05) is 0 Å². The van der Waals surface area contributed by atoms with E-state index in [-0.39, 0.29) is 0 Å². The first-order valence-corrected chi connectivity index (χ1v) is 17.3. The Hall–Kier alpha value is -7.11. The molecule has 0 atom stereocenters. The van der Waals surface area contributed by atoms with Crippen molar-refractivity contribution in [1.29, 1.82) is 0 Å². The van der Waals surface area contributed by atoms with Gasteiger partial charge in [-0.2, -0.15) is 0 Å². The fraction of sp³-hybridized carbons (Fsp3) is 0. The van der Waals surface area contributed by atoms with Crippen molar-refractivity contribution in [3.63, 3.8) is 0 Å². The number of hydrogen-bond donors (Lipinski definition) is 0. The summed E-state index contributed by atoms with van der Waals surface area (Å²) < 4.78 is 13.0. The summed E-state index contributed by atoms with van der Waals surface area (Å²) in [6, 6.07) is 56.3. The second-order valence-corrected chi connectivity index (χ2v) is 13.2. The minimum absolute atomic E-state index is 0.580. The zero-order valence-electron chi connectivity index (χ0n) is 27.7. The maximum atomic E-state index is 6.76. The quantitative estimate of drug-likeness (QED) is 0.187. The molecule has 3 heterocycles. The summed E-state index contributed by atoms with van der Waals surface area (Å²) in [5.74, 6) is 1.80. The van der Waals surface area contributed by atoms with E-state index in [9.17, 15) is 0 Å². The Morgan fingerprint density at radius 1 is 0.327 bits per heavy atom. The van der Waals surface area contributed by atoms with E-state index in [0.717, 1.165) is 93.2 Å². The minimum atomic E-state index is 0.580. The highest BCUT2D eigenvalue weighted by Crippen LogP contribution is 2.45. The molecule has 0 unspecified atom stereocenters. The predicted molar refractivity (Wildman–Crippen MR) is 211 cm³/mol. The van der Waals surface area contributed by atoms with E-state index in [2.05, 4.69) is 121 Å². The molecule has 0 fully saturated rings. The van der Waals surface area contributed by atoms with Gasteiger partial charge in [-0.05, 0) is 69.6 Å². The van der Waals surface area contributed by atoms with Crippen molar-refractivity contribution >= 4 is 65.4 Å². The Kier molecular flexibility index (Phi) is 6.18. The van der Waals surface area contributed by atoms with Gasteiger partial charge in [-0.25, -0.2) is 15.0 Å². The highest BCUT2D eigenvalue weighted by molar-refractivity contribution is 6.20. The zero-order valence-corrected chi connectivity index (χ0v) is 27.7. The molecule has 0 saturated heterocycles. The van der Waals surface area contributed by atoms with Gasteiger partial charge in [0.15, 0.2) is 17.5 Å². The summed E-state index contributed by atoms with van der Waals surface area (Å²) in [6.07, 6.45) is 0. The average Bonchev–Trinajstić information content (AvgIpc) is 3.79. The van der Waals surface area contributed by atoms with Crippen LogP contribution in [0.3, 0.4) is 0 Å². The van der Waals surface area contributed by atoms with Crippen LogP contribution in [0.25, 0.3) is 111 Å². The molecule has 0 radical (unpaired) electrons. The summed E-state index contributed by atoms with van der Waals surface area (Å²) >= 11 is 0. The van der Waals surface area contributed by atoms with E-state index in [1.54, 1.807) is 0 Å². The molecule has 5 nitrogen and oxygen atoms in total. The van der Waals surface area contributed by atoms with Crippen molar-refractivity contribution in [3.8, 4) is 45.3 Å². The van der Waals surface area contributed by atoms with Crippen LogP contribution in [-0.4, -0.2) is 15.0 Å². The number of benzene rings is 8. The van der Waals surface area contributed by atoms with Gasteiger partial charge >= 0.3 is 0 Å². The van der Waals surface area contributed by atoms with Gasteiger partial charge in [0.2, 0.25) is 0 Å². The number of furan rings is 2. The van der Waals surface area contributed by atoms with Crippen LogP contribution in [0.5, 0.6) is 0 Å². The summed E-state index contributed by atoms with van der Waals surface area (Å²) in [5.41, 5.74) is 8.01. The highest BCUT2D eigenvalue weighted by atomic mass is 16.3. The van der Waals surface area contributed by atoms with Crippen molar-refractivity contribution in [2.24, 2.45) is 0 Å². The second kappa shape index (κ2) is 11.2. The van der Waals surface area contributed by atoms with E-state index < -0.39 is 0 Å². The normalized spacial score (nSPS) is 11.8. The molecule has 0 saturated carbocycles. The molecule has 0 aliphatic carbocycles. The first-order valence-electron chi connectivity index (χ1n) is 17.3. The Morgan fingerprint density at radius 3 is 1.52 bits per heavy atom. The lowest BCUT2D eigenvalue weighted by Crippen LogP contribution is -2.00. The third kappa shape index (κ3) is 4.46. The van der Waals surface area contributed by atoms with Gasteiger partial charge in [0, 0.05) is 43.8 Å². The molecule has 242 valence electrons. The van der Waals surface area contributed by atoms with Crippen molar-refractivity contribution in [1.82, 2.24) is 15.0 Å². The van der Waals surface area contributed by atoms with Gasteiger partial charge in [-0.3, -0.25) is 0 Å². The van der Waals surface area contributed by atoms with Crippen LogP contribution in [0, 0.1) is 0 Å². The molecule has 52 heavy (non-hydrogen) atoms. The maximum Gasteiger partial charge on any atom is 0.164 e. The van der Waals surface area contributed by atoms with E-state index in [1.807, 2.05) is 42.5 Å². The Morgan fingerprint density at radius 2 is 0.846 bits per heavy atom. The molecule has 0 amide bonds. The van der Waals surface area contributed by atoms with Gasteiger partial charge in [0.05, 0.1) is 0 Å². The van der Waals surface area contributed by atoms with Gasteiger partial charge < -0.3 is 8.83 Å². The van der Waals surface area contributed by atoms with Crippen LogP contribution < -0.4 is 0 Å². The Bertz CT molecular complexity index is 3110. The summed E-state index contributed by atoms with van der Waals surface area (Å²) in [6.45, 7) is 0. The molecule has 11 aromatic rings. The van der Waals surface area contributed by atoms with Crippen LogP contribution in [0.1, 0.15) is 0 Å². The fourth-order valence-corrected chi connectivity index (χ4v) is 7.64. The second-order valence-electron chi connectivity index (χ2n) is 13.2. The van der Waals surface area contributed by atoms with Gasteiger partial charge in [0.25, 0.3) is 0 Å². The lowest BCUT2D eigenvalue weighted by Gasteiger charge is -2.12. The monoisotopic (exact) mass is 665 g/mol. The molecule has 3 aromatic heterocycles. The lowest BCUT2D eigenvalue weighted by molar-refractivity contribution is 0.668. The Balaban J connectivity index is 1.19. The minimum Gasteiger partial charge on any atom is -0.456 e. The van der Waals surface area contributed by atoms with Crippen LogP contribution in [0.2, 0.25) is 0 Å². The summed E-state index contributed by atoms with van der Waals surface area (Å²) in [4.78, 5) is 15.5. The SMILES string of the molecule is c1ccc2cc(-c3nc(-c4ccc5ccccc5c4)nc(-c4ccc(-c5cccc6oc7ccccc7c56)c5oc6ccccc6c45)n3)ccc2c1.